The number of thioether (sulfide) groups is 1. The summed E-state index contributed by atoms with van der Waals surface area (Å²) in [6.07, 6.45) is -0.722. The van der Waals surface area contributed by atoms with E-state index in [1.807, 2.05) is 0 Å². The number of nitrogens with one attached hydrogen (secondary N) is 2. The maximum atomic E-state index is 12.7. The Hall–Kier alpha value is -2.46. The van der Waals surface area contributed by atoms with Crippen molar-refractivity contribution in [2.75, 3.05) is 11.1 Å². The van der Waals surface area contributed by atoms with Crippen molar-refractivity contribution in [3.05, 3.63) is 29.8 Å². The molecule has 2 aliphatic heterocycles. The Morgan fingerprint density at radius 1 is 1.31 bits per heavy atom. The summed E-state index contributed by atoms with van der Waals surface area (Å²) >= 11 is 7.66. The van der Waals surface area contributed by atoms with Gasteiger partial charge in [0, 0.05) is 11.4 Å². The fourth-order valence-electron chi connectivity index (χ4n) is 3.67. The van der Waals surface area contributed by atoms with Crippen LogP contribution in [-0.4, -0.2) is 67.6 Å². The number of carbonyl (C=O) groups is 4. The standard InChI is InChI=1S/C21H26ClN3O6S/c1-20(2,3)31-19(30)23-12-8-6-5-7-11(12)9-13(26)24-14-16(27)25-15(18(28)29)21(4,22)10-32-17(14)25/h5-8,14-15,17H,9-10H2,1-4H3,(H,23,30)(H,24,26)(H,28,29)/t14-,15+,17-,21-/m1/s1. The highest BCUT2D eigenvalue weighted by atomic mass is 35.5. The summed E-state index contributed by atoms with van der Waals surface area (Å²) < 4.78 is 5.25. The van der Waals surface area contributed by atoms with Gasteiger partial charge in [0.25, 0.3) is 0 Å². The zero-order valence-electron chi connectivity index (χ0n) is 18.2. The highest BCUT2D eigenvalue weighted by Gasteiger charge is 2.61. The van der Waals surface area contributed by atoms with E-state index in [2.05, 4.69) is 10.6 Å². The number of rotatable bonds is 5. The molecule has 1 aromatic rings. The van der Waals surface area contributed by atoms with Crippen molar-refractivity contribution in [1.29, 1.82) is 0 Å². The first-order valence-electron chi connectivity index (χ1n) is 10.0. The van der Waals surface area contributed by atoms with Crippen LogP contribution in [0.1, 0.15) is 33.3 Å². The lowest BCUT2D eigenvalue weighted by atomic mass is 9.94. The number of nitrogens with zero attached hydrogens (tertiary/aromatic N) is 1. The van der Waals surface area contributed by atoms with Crippen LogP contribution in [0.25, 0.3) is 0 Å². The molecule has 11 heteroatoms. The second-order valence-corrected chi connectivity index (χ2v) is 10.9. The smallest absolute Gasteiger partial charge is 0.412 e. The van der Waals surface area contributed by atoms with Crippen LogP contribution in [0.4, 0.5) is 10.5 Å². The summed E-state index contributed by atoms with van der Waals surface area (Å²) in [6, 6.07) is 4.81. The van der Waals surface area contributed by atoms with Crippen LogP contribution in [0, 0.1) is 0 Å². The van der Waals surface area contributed by atoms with E-state index in [4.69, 9.17) is 16.3 Å². The molecule has 3 rings (SSSR count). The quantitative estimate of drug-likeness (QED) is 0.434. The molecule has 174 valence electrons. The topological polar surface area (TPSA) is 125 Å². The molecule has 2 aliphatic rings. The second-order valence-electron chi connectivity index (χ2n) is 8.97. The minimum atomic E-state index is -1.17. The summed E-state index contributed by atoms with van der Waals surface area (Å²) in [7, 11) is 0. The van der Waals surface area contributed by atoms with E-state index in [0.717, 1.165) is 0 Å². The van der Waals surface area contributed by atoms with E-state index in [1.54, 1.807) is 52.0 Å². The number of β-lactam (4-membered cyclic amide) rings is 1. The van der Waals surface area contributed by atoms with Crippen LogP contribution < -0.4 is 10.6 Å². The summed E-state index contributed by atoms with van der Waals surface area (Å²) in [5, 5.41) is 14.4. The summed E-state index contributed by atoms with van der Waals surface area (Å²) in [5.41, 5.74) is 0.305. The van der Waals surface area contributed by atoms with E-state index in [-0.39, 0.29) is 6.42 Å². The lowest BCUT2D eigenvalue weighted by Crippen LogP contribution is -2.78. The van der Waals surface area contributed by atoms with Crippen molar-refractivity contribution in [3.63, 3.8) is 0 Å². The zero-order chi connectivity index (χ0) is 23.8. The van der Waals surface area contributed by atoms with Gasteiger partial charge >= 0.3 is 12.1 Å². The number of carbonyl (C=O) groups excluding carboxylic acids is 3. The van der Waals surface area contributed by atoms with Crippen molar-refractivity contribution in [2.24, 2.45) is 0 Å². The van der Waals surface area contributed by atoms with Crippen LogP contribution in [0.3, 0.4) is 0 Å². The molecule has 4 atom stereocenters. The molecule has 0 aliphatic carbocycles. The molecule has 0 bridgehead atoms. The molecular formula is C21H26ClN3O6S. The number of halogens is 1. The average molecular weight is 484 g/mol. The van der Waals surface area contributed by atoms with Crippen molar-refractivity contribution < 1.29 is 29.0 Å². The third-order valence-corrected chi connectivity index (χ3v) is 7.12. The number of aliphatic carboxylic acids is 1. The molecule has 3 amide bonds. The molecule has 0 radical (unpaired) electrons. The van der Waals surface area contributed by atoms with Gasteiger partial charge in [0.2, 0.25) is 11.8 Å². The van der Waals surface area contributed by atoms with Crippen molar-refractivity contribution in [2.45, 2.75) is 62.0 Å². The van der Waals surface area contributed by atoms with Crippen molar-refractivity contribution in [1.82, 2.24) is 10.2 Å². The predicted molar refractivity (Wildman–Crippen MR) is 121 cm³/mol. The molecule has 3 N–H and O–H groups in total. The molecule has 0 unspecified atom stereocenters. The number of para-hydroxylation sites is 1. The van der Waals surface area contributed by atoms with E-state index in [0.29, 0.717) is 17.0 Å². The van der Waals surface area contributed by atoms with Gasteiger partial charge in [-0.2, -0.15) is 0 Å². The fraction of sp³-hybridized carbons (Fsp3) is 0.524. The van der Waals surface area contributed by atoms with Gasteiger partial charge in [-0.05, 0) is 39.3 Å². The van der Waals surface area contributed by atoms with E-state index in [9.17, 15) is 24.3 Å². The van der Waals surface area contributed by atoms with Crippen molar-refractivity contribution >= 4 is 52.9 Å². The van der Waals surface area contributed by atoms with Crippen LogP contribution in [-0.2, 0) is 25.5 Å². The first kappa shape index (κ1) is 24.2. The Labute approximate surface area is 195 Å². The Kier molecular flexibility index (Phi) is 6.67. The molecule has 2 saturated heterocycles. The number of amides is 3. The number of carboxylic acids is 1. The summed E-state index contributed by atoms with van der Waals surface area (Å²) in [5.74, 6) is -1.74. The minimum absolute atomic E-state index is 0.0806. The molecule has 2 heterocycles. The molecule has 9 nitrogen and oxygen atoms in total. The number of ether oxygens (including phenoxy) is 1. The Morgan fingerprint density at radius 2 is 1.97 bits per heavy atom. The lowest BCUT2D eigenvalue weighted by Gasteiger charge is -2.55. The Bertz CT molecular complexity index is 948. The zero-order valence-corrected chi connectivity index (χ0v) is 19.7. The molecule has 1 aromatic carbocycles. The Balaban J connectivity index is 1.65. The molecule has 0 aromatic heterocycles. The number of anilines is 1. The Morgan fingerprint density at radius 3 is 2.59 bits per heavy atom. The number of alkyl halides is 1. The largest absolute Gasteiger partial charge is 0.480 e. The van der Waals surface area contributed by atoms with Gasteiger partial charge in [0.05, 0.1) is 11.3 Å². The first-order chi connectivity index (χ1) is 14.8. The third kappa shape index (κ3) is 5.12. The van der Waals surface area contributed by atoms with Gasteiger partial charge in [-0.15, -0.1) is 23.4 Å². The second kappa shape index (κ2) is 8.82. The average Bonchev–Trinajstić information content (AvgIpc) is 2.65. The fourth-order valence-corrected chi connectivity index (χ4v) is 5.48. The highest BCUT2D eigenvalue weighted by Crippen LogP contribution is 2.44. The predicted octanol–water partition coefficient (Wildman–Crippen LogP) is 2.43. The minimum Gasteiger partial charge on any atom is -0.480 e. The molecule has 0 saturated carbocycles. The van der Waals surface area contributed by atoms with E-state index >= 15 is 0 Å². The van der Waals surface area contributed by atoms with Gasteiger partial charge in [-0.3, -0.25) is 14.9 Å². The molecule has 2 fully saturated rings. The van der Waals surface area contributed by atoms with E-state index in [1.165, 1.54) is 16.7 Å². The van der Waals surface area contributed by atoms with Gasteiger partial charge in [-0.25, -0.2) is 9.59 Å². The van der Waals surface area contributed by atoms with Gasteiger partial charge in [0.15, 0.2) is 0 Å². The van der Waals surface area contributed by atoms with Crippen LogP contribution >= 0.6 is 23.4 Å². The SMILES string of the molecule is CC(C)(C)OC(=O)Nc1ccccc1CC(=O)N[C@@H]1C(=O)N2[C@@H]1SC[C@@](C)(Cl)[C@@H]2C(=O)O. The monoisotopic (exact) mass is 483 g/mol. The van der Waals surface area contributed by atoms with Crippen LogP contribution in [0.2, 0.25) is 0 Å². The van der Waals surface area contributed by atoms with Crippen LogP contribution in [0.5, 0.6) is 0 Å². The molecular weight excluding hydrogens is 458 g/mol. The molecule has 32 heavy (non-hydrogen) atoms. The van der Waals surface area contributed by atoms with Gasteiger partial charge in [-0.1, -0.05) is 18.2 Å². The number of hydrogen-bond donors (Lipinski definition) is 3. The maximum Gasteiger partial charge on any atom is 0.412 e. The first-order valence-corrected chi connectivity index (χ1v) is 11.5. The number of fused-ring (bicyclic) bond motifs is 1. The highest BCUT2D eigenvalue weighted by molar-refractivity contribution is 8.00. The summed E-state index contributed by atoms with van der Waals surface area (Å²) in [6.45, 7) is 6.83. The third-order valence-electron chi connectivity index (χ3n) is 5.02. The summed E-state index contributed by atoms with van der Waals surface area (Å²) in [4.78, 5) is 49.2. The lowest BCUT2D eigenvalue weighted by molar-refractivity contribution is -0.164. The molecule has 0 spiro atoms. The van der Waals surface area contributed by atoms with Gasteiger partial charge in [0.1, 0.15) is 23.1 Å². The van der Waals surface area contributed by atoms with Crippen LogP contribution in [0.15, 0.2) is 24.3 Å². The number of hydrogen-bond acceptors (Lipinski definition) is 6. The van der Waals surface area contributed by atoms with E-state index < -0.39 is 51.8 Å². The number of carboxylic acid groups (broad SMARTS) is 1. The van der Waals surface area contributed by atoms with Crippen molar-refractivity contribution in [3.8, 4) is 0 Å². The maximum absolute atomic E-state index is 12.7. The number of benzene rings is 1. The van der Waals surface area contributed by atoms with Gasteiger partial charge < -0.3 is 20.1 Å². The normalized spacial score (nSPS) is 27.1.